The van der Waals surface area contributed by atoms with E-state index in [0.717, 1.165) is 29.0 Å². The second-order valence-electron chi connectivity index (χ2n) is 11.2. The standard InChI is InChI=1S/C27H35N3O7S/c1-13(2)17-7-6-14(3)8-18(17)37-27(34)36-12-35-26(33)24-21(19-10-29-11-28-9-20(29)38-19)15(4)23-22(16(5)31)25(32)30(23)24/h9-11,13-18,22-23,31H,6-8,12H2,1-5H3/t14-,15?,16+,17?,18?,22+,23+/m0/s1. The van der Waals surface area contributed by atoms with Gasteiger partial charge in [-0.15, -0.1) is 11.3 Å². The minimum Gasteiger partial charge on any atom is -0.431 e. The first kappa shape index (κ1) is 26.7. The summed E-state index contributed by atoms with van der Waals surface area (Å²) >= 11 is 1.45. The van der Waals surface area contributed by atoms with E-state index in [-0.39, 0.29) is 35.6 Å². The number of thiazole rings is 1. The summed E-state index contributed by atoms with van der Waals surface area (Å²) in [4.78, 5) is 46.0. The fourth-order valence-electron chi connectivity index (χ4n) is 6.35. The minimum atomic E-state index is -0.871. The molecule has 3 aliphatic rings. The Morgan fingerprint density at radius 1 is 1.21 bits per heavy atom. The molecule has 10 nitrogen and oxygen atoms in total. The molecule has 1 amide bonds. The summed E-state index contributed by atoms with van der Waals surface area (Å²) in [6.45, 7) is 9.28. The van der Waals surface area contributed by atoms with Crippen LogP contribution in [0.1, 0.15) is 58.8 Å². The Morgan fingerprint density at radius 3 is 2.66 bits per heavy atom. The zero-order chi connectivity index (χ0) is 27.3. The van der Waals surface area contributed by atoms with E-state index in [9.17, 15) is 19.5 Å². The lowest BCUT2D eigenvalue weighted by Crippen LogP contribution is -2.63. The molecule has 1 aliphatic carbocycles. The van der Waals surface area contributed by atoms with Gasteiger partial charge in [0.2, 0.25) is 12.7 Å². The van der Waals surface area contributed by atoms with Crippen LogP contribution in [0.2, 0.25) is 0 Å². The molecule has 0 aromatic carbocycles. The second kappa shape index (κ2) is 10.3. The normalized spacial score (nSPS) is 29.9. The predicted molar refractivity (Wildman–Crippen MR) is 139 cm³/mol. The van der Waals surface area contributed by atoms with E-state index in [1.807, 2.05) is 17.5 Å². The molecule has 2 aromatic rings. The average Bonchev–Trinajstić information content (AvgIpc) is 3.49. The van der Waals surface area contributed by atoms with E-state index >= 15 is 0 Å². The third kappa shape index (κ3) is 4.59. The highest BCUT2D eigenvalue weighted by atomic mass is 32.1. The van der Waals surface area contributed by atoms with Crippen molar-refractivity contribution in [3.8, 4) is 0 Å². The largest absolute Gasteiger partial charge is 0.511 e. The smallest absolute Gasteiger partial charge is 0.431 e. The number of esters is 1. The fraction of sp³-hybridized carbons (Fsp3) is 0.630. The van der Waals surface area contributed by atoms with Crippen molar-refractivity contribution in [1.82, 2.24) is 14.3 Å². The van der Waals surface area contributed by atoms with Crippen LogP contribution in [0.5, 0.6) is 0 Å². The number of ether oxygens (including phenoxy) is 3. The first-order valence-corrected chi connectivity index (χ1v) is 14.1. The molecule has 0 spiro atoms. The molecule has 1 saturated heterocycles. The third-order valence-corrected chi connectivity index (χ3v) is 9.38. The average molecular weight is 546 g/mol. The molecule has 0 radical (unpaired) electrons. The van der Waals surface area contributed by atoms with E-state index in [1.54, 1.807) is 19.4 Å². The number of aliphatic hydroxyl groups is 1. The van der Waals surface area contributed by atoms with E-state index < -0.39 is 30.9 Å². The van der Waals surface area contributed by atoms with Crippen molar-refractivity contribution in [3.63, 3.8) is 0 Å². The number of fused-ring (bicyclic) bond motifs is 2. The molecule has 1 saturated carbocycles. The molecule has 0 bridgehead atoms. The molecule has 2 fully saturated rings. The van der Waals surface area contributed by atoms with Crippen LogP contribution in [-0.2, 0) is 23.8 Å². The molecule has 38 heavy (non-hydrogen) atoms. The maximum absolute atomic E-state index is 13.3. The van der Waals surface area contributed by atoms with Crippen LogP contribution in [0.25, 0.3) is 10.4 Å². The van der Waals surface area contributed by atoms with Crippen molar-refractivity contribution in [2.75, 3.05) is 6.79 Å². The molecule has 7 atom stereocenters. The van der Waals surface area contributed by atoms with Crippen LogP contribution in [0.15, 0.2) is 24.4 Å². The molecule has 2 aromatic heterocycles. The summed E-state index contributed by atoms with van der Waals surface area (Å²) in [5.41, 5.74) is 0.795. The lowest BCUT2D eigenvalue weighted by molar-refractivity contribution is -0.167. The molecule has 5 rings (SSSR count). The Bertz CT molecular complexity index is 1240. The van der Waals surface area contributed by atoms with Gasteiger partial charge in [0.25, 0.3) is 0 Å². The lowest BCUT2D eigenvalue weighted by atomic mass is 9.75. The molecule has 1 N–H and O–H groups in total. The van der Waals surface area contributed by atoms with Crippen molar-refractivity contribution in [2.24, 2.45) is 29.6 Å². The SMILES string of the molecule is CC(C)C1CC[C@H](C)CC1OC(=O)OCOC(=O)C1=C(c2cn3cncc3s2)C(C)[C@@H]2[C@@H]([C@@H](C)O)C(=O)N12. The molecular weight excluding hydrogens is 510 g/mol. The van der Waals surface area contributed by atoms with E-state index in [2.05, 4.69) is 25.8 Å². The fourth-order valence-corrected chi connectivity index (χ4v) is 7.45. The van der Waals surface area contributed by atoms with Crippen LogP contribution in [0, 0.1) is 29.6 Å². The number of carbonyl (C=O) groups is 3. The number of nitrogens with zero attached hydrogens (tertiary/aromatic N) is 3. The Balaban J connectivity index is 1.30. The van der Waals surface area contributed by atoms with Crippen LogP contribution in [0.4, 0.5) is 4.79 Å². The van der Waals surface area contributed by atoms with Crippen molar-refractivity contribution < 1.29 is 33.7 Å². The van der Waals surface area contributed by atoms with Gasteiger partial charge in [0, 0.05) is 17.7 Å². The minimum absolute atomic E-state index is 0.125. The number of imidazole rings is 1. The monoisotopic (exact) mass is 545 g/mol. The number of aromatic nitrogens is 2. The van der Waals surface area contributed by atoms with Crippen molar-refractivity contribution >= 4 is 39.8 Å². The van der Waals surface area contributed by atoms with Crippen molar-refractivity contribution in [1.29, 1.82) is 0 Å². The Hall–Kier alpha value is -2.92. The number of rotatable bonds is 7. The number of carbonyl (C=O) groups excluding carboxylic acids is 3. The van der Waals surface area contributed by atoms with Crippen LogP contribution in [-0.4, -0.2) is 62.5 Å². The maximum atomic E-state index is 13.3. The van der Waals surface area contributed by atoms with Crippen LogP contribution in [0.3, 0.4) is 0 Å². The highest BCUT2D eigenvalue weighted by molar-refractivity contribution is 7.18. The summed E-state index contributed by atoms with van der Waals surface area (Å²) < 4.78 is 17.9. The van der Waals surface area contributed by atoms with E-state index in [4.69, 9.17) is 14.2 Å². The Labute approximate surface area is 225 Å². The molecule has 4 heterocycles. The van der Waals surface area contributed by atoms with Gasteiger partial charge in [-0.3, -0.25) is 9.20 Å². The van der Waals surface area contributed by atoms with Gasteiger partial charge >= 0.3 is 12.1 Å². The van der Waals surface area contributed by atoms with Gasteiger partial charge in [0.05, 0.1) is 35.5 Å². The summed E-state index contributed by atoms with van der Waals surface area (Å²) in [5, 5.41) is 10.2. The summed E-state index contributed by atoms with van der Waals surface area (Å²) in [7, 11) is 0. The van der Waals surface area contributed by atoms with Crippen molar-refractivity contribution in [2.45, 2.75) is 72.1 Å². The highest BCUT2D eigenvalue weighted by Gasteiger charge is 2.60. The zero-order valence-electron chi connectivity index (χ0n) is 22.3. The topological polar surface area (TPSA) is 120 Å². The molecule has 3 unspecified atom stereocenters. The number of hydrogen-bond donors (Lipinski definition) is 1. The van der Waals surface area contributed by atoms with Crippen LogP contribution < -0.4 is 0 Å². The van der Waals surface area contributed by atoms with Gasteiger partial charge in [-0.2, -0.15) is 0 Å². The number of aliphatic hydroxyl groups excluding tert-OH is 1. The quantitative estimate of drug-likeness (QED) is 0.314. The molecule has 2 aliphatic heterocycles. The summed E-state index contributed by atoms with van der Waals surface area (Å²) in [6, 6.07) is -0.355. The number of hydrogen-bond acceptors (Lipinski definition) is 9. The van der Waals surface area contributed by atoms with Gasteiger partial charge in [0.1, 0.15) is 16.6 Å². The lowest BCUT2D eigenvalue weighted by Gasteiger charge is -2.46. The number of β-lactam (4-membered cyclic amide) rings is 1. The van der Waals surface area contributed by atoms with Crippen LogP contribution >= 0.6 is 11.3 Å². The maximum Gasteiger partial charge on any atom is 0.511 e. The van der Waals surface area contributed by atoms with Crippen molar-refractivity contribution in [3.05, 3.63) is 29.3 Å². The summed E-state index contributed by atoms with van der Waals surface area (Å²) in [5.74, 6) is -0.798. The highest BCUT2D eigenvalue weighted by Crippen LogP contribution is 2.51. The third-order valence-electron chi connectivity index (χ3n) is 8.31. The van der Waals surface area contributed by atoms with Gasteiger partial charge in [-0.25, -0.2) is 14.6 Å². The van der Waals surface area contributed by atoms with Gasteiger partial charge in [-0.05, 0) is 37.5 Å². The van der Waals surface area contributed by atoms with Gasteiger partial charge in [0.15, 0.2) is 0 Å². The summed E-state index contributed by atoms with van der Waals surface area (Å²) in [6.07, 6.45) is 6.18. The molecule has 206 valence electrons. The first-order valence-electron chi connectivity index (χ1n) is 13.3. The number of amides is 1. The molecular formula is C27H35N3O7S. The van der Waals surface area contributed by atoms with E-state index in [0.29, 0.717) is 17.4 Å². The predicted octanol–water partition coefficient (Wildman–Crippen LogP) is 4.08. The Morgan fingerprint density at radius 2 is 1.97 bits per heavy atom. The van der Waals surface area contributed by atoms with Gasteiger partial charge < -0.3 is 24.2 Å². The Kier molecular flexibility index (Phi) is 7.25. The van der Waals surface area contributed by atoms with E-state index in [1.165, 1.54) is 16.2 Å². The zero-order valence-corrected chi connectivity index (χ0v) is 23.1. The first-order chi connectivity index (χ1) is 18.1. The van der Waals surface area contributed by atoms with Gasteiger partial charge in [-0.1, -0.05) is 34.1 Å². The molecule has 11 heteroatoms. The second-order valence-corrected chi connectivity index (χ2v) is 12.2.